The maximum Gasteiger partial charge on any atom is 0.127 e. The van der Waals surface area contributed by atoms with E-state index in [1.165, 1.54) is 37.1 Å². The number of hydrogen-bond donors (Lipinski definition) is 1. The van der Waals surface area contributed by atoms with Crippen molar-refractivity contribution in [1.82, 2.24) is 14.9 Å². The lowest BCUT2D eigenvalue weighted by Gasteiger charge is -2.17. The van der Waals surface area contributed by atoms with Gasteiger partial charge in [0.2, 0.25) is 0 Å². The normalized spacial score (nSPS) is 31.1. The molecule has 1 aliphatic carbocycles. The molecule has 3 atom stereocenters. The van der Waals surface area contributed by atoms with Crippen molar-refractivity contribution in [2.75, 3.05) is 6.54 Å². The highest BCUT2D eigenvalue weighted by Gasteiger charge is 2.41. The Morgan fingerprint density at radius 3 is 3.06 bits per heavy atom. The summed E-state index contributed by atoms with van der Waals surface area (Å²) in [6, 6.07) is 8.90. The quantitative estimate of drug-likeness (QED) is 0.831. The highest BCUT2D eigenvalue weighted by atomic mass is 15.1. The van der Waals surface area contributed by atoms with Crippen LogP contribution in [0.1, 0.15) is 31.1 Å². The van der Waals surface area contributed by atoms with Gasteiger partial charge in [0.1, 0.15) is 5.82 Å². The van der Waals surface area contributed by atoms with Crippen molar-refractivity contribution in [2.45, 2.75) is 25.3 Å². The van der Waals surface area contributed by atoms with Crippen LogP contribution >= 0.6 is 0 Å². The number of aromatic nitrogens is 2. The van der Waals surface area contributed by atoms with Crippen molar-refractivity contribution in [3.8, 4) is 0 Å². The van der Waals surface area contributed by atoms with E-state index in [9.17, 15) is 0 Å². The number of benzene rings is 1. The molecule has 1 N–H and O–H groups in total. The van der Waals surface area contributed by atoms with Gasteiger partial charge in [-0.2, -0.15) is 0 Å². The number of aryl methyl sites for hydroxylation is 1. The molecule has 3 unspecified atom stereocenters. The molecule has 1 aliphatic heterocycles. The molecule has 0 bridgehead atoms. The van der Waals surface area contributed by atoms with E-state index in [1.807, 2.05) is 0 Å². The average molecular weight is 241 g/mol. The number of rotatable bonds is 1. The first-order chi connectivity index (χ1) is 8.84. The second-order valence-electron chi connectivity index (χ2n) is 5.76. The largest absolute Gasteiger partial charge is 0.330 e. The van der Waals surface area contributed by atoms with Gasteiger partial charge in [-0.25, -0.2) is 4.98 Å². The fourth-order valence-corrected chi connectivity index (χ4v) is 3.91. The van der Waals surface area contributed by atoms with E-state index in [4.69, 9.17) is 4.98 Å². The summed E-state index contributed by atoms with van der Waals surface area (Å²) < 4.78 is 2.27. The average Bonchev–Trinajstić information content (AvgIpc) is 3.04. The highest BCUT2D eigenvalue weighted by molar-refractivity contribution is 5.75. The second kappa shape index (κ2) is 3.82. The molecule has 0 amide bonds. The van der Waals surface area contributed by atoms with Gasteiger partial charge in [-0.1, -0.05) is 18.6 Å². The van der Waals surface area contributed by atoms with E-state index in [0.29, 0.717) is 6.04 Å². The smallest absolute Gasteiger partial charge is 0.127 e. The second-order valence-corrected chi connectivity index (χ2v) is 5.76. The molecule has 3 heteroatoms. The van der Waals surface area contributed by atoms with Gasteiger partial charge in [0.25, 0.3) is 0 Å². The Hall–Kier alpha value is -1.35. The summed E-state index contributed by atoms with van der Waals surface area (Å²) in [4.78, 5) is 4.86. The minimum Gasteiger partial charge on any atom is -0.330 e. The van der Waals surface area contributed by atoms with Crippen molar-refractivity contribution < 1.29 is 0 Å². The molecule has 2 heterocycles. The molecule has 18 heavy (non-hydrogen) atoms. The molecule has 1 saturated heterocycles. The Labute approximate surface area is 107 Å². The molecule has 1 saturated carbocycles. The molecule has 0 spiro atoms. The summed E-state index contributed by atoms with van der Waals surface area (Å²) in [5.41, 5.74) is 2.37. The molecule has 1 aromatic carbocycles. The van der Waals surface area contributed by atoms with Crippen LogP contribution in [0, 0.1) is 11.8 Å². The summed E-state index contributed by atoms with van der Waals surface area (Å²) in [5, 5.41) is 3.69. The first-order valence-electron chi connectivity index (χ1n) is 6.99. The Morgan fingerprint density at radius 2 is 2.17 bits per heavy atom. The molecule has 0 radical (unpaired) electrons. The standard InChI is InChI=1S/C15H19N3/c1-18-13-8-3-2-7-12(13)17-15(18)14-11-6-4-5-10(11)9-16-14/h2-3,7-8,10-11,14,16H,4-6,9H2,1H3. The van der Waals surface area contributed by atoms with E-state index in [0.717, 1.165) is 17.4 Å². The molecule has 94 valence electrons. The number of fused-ring (bicyclic) bond motifs is 2. The number of nitrogens with one attached hydrogen (secondary N) is 1. The fraction of sp³-hybridized carbons (Fsp3) is 0.533. The third-order valence-corrected chi connectivity index (χ3v) is 4.85. The summed E-state index contributed by atoms with van der Waals surface area (Å²) in [6.07, 6.45) is 4.17. The van der Waals surface area contributed by atoms with Crippen molar-refractivity contribution in [2.24, 2.45) is 18.9 Å². The SMILES string of the molecule is Cn1c(C2NCC3CCCC32)nc2ccccc21. The van der Waals surface area contributed by atoms with Crippen molar-refractivity contribution in [3.63, 3.8) is 0 Å². The van der Waals surface area contributed by atoms with Gasteiger partial charge in [0.05, 0.1) is 17.1 Å². The van der Waals surface area contributed by atoms with Crippen LogP contribution in [-0.4, -0.2) is 16.1 Å². The maximum atomic E-state index is 4.86. The Kier molecular flexibility index (Phi) is 2.24. The molecule has 2 fully saturated rings. The third-order valence-electron chi connectivity index (χ3n) is 4.85. The van der Waals surface area contributed by atoms with Crippen molar-refractivity contribution in [1.29, 1.82) is 0 Å². The van der Waals surface area contributed by atoms with Crippen LogP contribution in [0.4, 0.5) is 0 Å². The van der Waals surface area contributed by atoms with Crippen LogP contribution in [0.15, 0.2) is 24.3 Å². The monoisotopic (exact) mass is 241 g/mol. The van der Waals surface area contributed by atoms with E-state index in [2.05, 4.69) is 41.2 Å². The summed E-state index contributed by atoms with van der Waals surface area (Å²) in [7, 11) is 2.15. The van der Waals surface area contributed by atoms with Gasteiger partial charge in [-0.15, -0.1) is 0 Å². The van der Waals surface area contributed by atoms with Gasteiger partial charge >= 0.3 is 0 Å². The van der Waals surface area contributed by atoms with E-state index in [-0.39, 0.29) is 0 Å². The minimum atomic E-state index is 0.468. The lowest BCUT2D eigenvalue weighted by atomic mass is 9.94. The first-order valence-corrected chi connectivity index (χ1v) is 6.99. The number of hydrogen-bond acceptors (Lipinski definition) is 2. The zero-order valence-corrected chi connectivity index (χ0v) is 10.8. The lowest BCUT2D eigenvalue weighted by molar-refractivity contribution is 0.402. The third kappa shape index (κ3) is 1.37. The summed E-state index contributed by atoms with van der Waals surface area (Å²) in [5.74, 6) is 2.92. The Bertz CT molecular complexity index is 586. The topological polar surface area (TPSA) is 29.9 Å². The van der Waals surface area contributed by atoms with E-state index >= 15 is 0 Å². The maximum absolute atomic E-state index is 4.86. The predicted octanol–water partition coefficient (Wildman–Crippen LogP) is 2.63. The van der Waals surface area contributed by atoms with Crippen LogP contribution in [0.3, 0.4) is 0 Å². The molecule has 3 nitrogen and oxygen atoms in total. The van der Waals surface area contributed by atoms with Gasteiger partial charge in [0, 0.05) is 7.05 Å². The van der Waals surface area contributed by atoms with Gasteiger partial charge in [-0.3, -0.25) is 0 Å². The van der Waals surface area contributed by atoms with Crippen molar-refractivity contribution in [3.05, 3.63) is 30.1 Å². The van der Waals surface area contributed by atoms with Crippen molar-refractivity contribution >= 4 is 11.0 Å². The zero-order chi connectivity index (χ0) is 12.1. The molecule has 4 rings (SSSR count). The highest BCUT2D eigenvalue weighted by Crippen LogP contribution is 2.44. The summed E-state index contributed by atoms with van der Waals surface area (Å²) >= 11 is 0. The number of para-hydroxylation sites is 2. The van der Waals surface area contributed by atoms with Gasteiger partial charge in [-0.05, 0) is 43.4 Å². The molecule has 2 aliphatic rings. The van der Waals surface area contributed by atoms with E-state index < -0.39 is 0 Å². The molecular weight excluding hydrogens is 222 g/mol. The van der Waals surface area contributed by atoms with Gasteiger partial charge < -0.3 is 9.88 Å². The number of imidazole rings is 1. The molecule has 2 aromatic rings. The van der Waals surface area contributed by atoms with Crippen LogP contribution in [-0.2, 0) is 7.05 Å². The van der Waals surface area contributed by atoms with Gasteiger partial charge in [0.15, 0.2) is 0 Å². The van der Waals surface area contributed by atoms with Crippen LogP contribution in [0.5, 0.6) is 0 Å². The van der Waals surface area contributed by atoms with Crippen LogP contribution < -0.4 is 5.32 Å². The molecular formula is C15H19N3. The fourth-order valence-electron chi connectivity index (χ4n) is 3.91. The van der Waals surface area contributed by atoms with Crippen LogP contribution in [0.25, 0.3) is 11.0 Å². The Morgan fingerprint density at radius 1 is 1.28 bits per heavy atom. The number of nitrogens with zero attached hydrogens (tertiary/aromatic N) is 2. The molecule has 1 aromatic heterocycles. The minimum absolute atomic E-state index is 0.468. The summed E-state index contributed by atoms with van der Waals surface area (Å²) in [6.45, 7) is 1.18. The Balaban J connectivity index is 1.80. The first kappa shape index (κ1) is 10.6. The van der Waals surface area contributed by atoms with Crippen LogP contribution in [0.2, 0.25) is 0 Å². The zero-order valence-electron chi connectivity index (χ0n) is 10.8. The lowest BCUT2D eigenvalue weighted by Crippen LogP contribution is -2.21. The predicted molar refractivity (Wildman–Crippen MR) is 72.3 cm³/mol. The van der Waals surface area contributed by atoms with E-state index in [1.54, 1.807) is 0 Å².